The van der Waals surface area contributed by atoms with E-state index in [1.54, 1.807) is 6.92 Å². The summed E-state index contributed by atoms with van der Waals surface area (Å²) in [5.41, 5.74) is -0.912. The number of anilines is 2. The van der Waals surface area contributed by atoms with Crippen molar-refractivity contribution in [2.45, 2.75) is 57.7 Å². The number of halogens is 3. The second kappa shape index (κ2) is 6.95. The minimum atomic E-state index is -4.47. The largest absolute Gasteiger partial charge is 0.433 e. The highest BCUT2D eigenvalue weighted by Crippen LogP contribution is 2.30. The smallest absolute Gasteiger partial charge is 0.367 e. The molecule has 0 radical (unpaired) electrons. The van der Waals surface area contributed by atoms with Gasteiger partial charge in [0, 0.05) is 18.7 Å². The van der Waals surface area contributed by atoms with Crippen LogP contribution in [0.4, 0.5) is 24.9 Å². The van der Waals surface area contributed by atoms with Crippen molar-refractivity contribution >= 4 is 11.8 Å². The zero-order valence-electron chi connectivity index (χ0n) is 12.1. The number of nitrogens with one attached hydrogen (secondary N) is 2. The molecule has 2 N–H and O–H groups in total. The van der Waals surface area contributed by atoms with Crippen molar-refractivity contribution in [2.24, 2.45) is 0 Å². The molecule has 0 unspecified atom stereocenters. The van der Waals surface area contributed by atoms with Crippen LogP contribution in [0.25, 0.3) is 0 Å². The Hall–Kier alpha value is -1.53. The number of hydrogen-bond acceptors (Lipinski definition) is 4. The average Bonchev–Trinajstić information content (AvgIpc) is 2.66. The van der Waals surface area contributed by atoms with Crippen LogP contribution in [0.2, 0.25) is 0 Å². The van der Waals surface area contributed by atoms with Gasteiger partial charge in [-0.3, -0.25) is 0 Å². The highest BCUT2D eigenvalue weighted by atomic mass is 19.4. The van der Waals surface area contributed by atoms with E-state index in [1.807, 2.05) is 0 Å². The lowest BCUT2D eigenvalue weighted by atomic mass is 10.1. The van der Waals surface area contributed by atoms with Crippen LogP contribution in [-0.4, -0.2) is 22.6 Å². The fourth-order valence-corrected chi connectivity index (χ4v) is 2.54. The molecule has 1 fully saturated rings. The van der Waals surface area contributed by atoms with Crippen LogP contribution in [0.3, 0.4) is 0 Å². The molecule has 0 saturated heterocycles. The molecule has 0 amide bonds. The van der Waals surface area contributed by atoms with Crippen LogP contribution in [0.5, 0.6) is 0 Å². The minimum absolute atomic E-state index is 0.0171. The first-order valence-electron chi connectivity index (χ1n) is 7.45. The van der Waals surface area contributed by atoms with Crippen molar-refractivity contribution in [3.63, 3.8) is 0 Å². The van der Waals surface area contributed by atoms with Gasteiger partial charge in [-0.1, -0.05) is 25.7 Å². The molecule has 0 bridgehead atoms. The summed E-state index contributed by atoms with van der Waals surface area (Å²) in [6, 6.07) is 1.18. The van der Waals surface area contributed by atoms with Gasteiger partial charge in [-0.25, -0.2) is 4.98 Å². The fourth-order valence-electron chi connectivity index (χ4n) is 2.54. The van der Waals surface area contributed by atoms with E-state index < -0.39 is 11.9 Å². The topological polar surface area (TPSA) is 49.8 Å². The van der Waals surface area contributed by atoms with Crippen LogP contribution in [-0.2, 0) is 6.18 Å². The van der Waals surface area contributed by atoms with E-state index in [-0.39, 0.29) is 17.8 Å². The summed E-state index contributed by atoms with van der Waals surface area (Å²) in [5, 5.41) is 5.89. The van der Waals surface area contributed by atoms with Crippen LogP contribution < -0.4 is 10.6 Å². The second-order valence-corrected chi connectivity index (χ2v) is 5.32. The van der Waals surface area contributed by atoms with E-state index in [0.29, 0.717) is 6.54 Å². The van der Waals surface area contributed by atoms with Crippen LogP contribution >= 0.6 is 0 Å². The van der Waals surface area contributed by atoms with Crippen molar-refractivity contribution in [1.82, 2.24) is 9.97 Å². The number of rotatable bonds is 4. The Kier molecular flexibility index (Phi) is 5.25. The van der Waals surface area contributed by atoms with E-state index in [4.69, 9.17) is 0 Å². The molecular weight excluding hydrogens is 281 g/mol. The maximum absolute atomic E-state index is 12.9. The second-order valence-electron chi connectivity index (χ2n) is 5.32. The highest BCUT2D eigenvalue weighted by molar-refractivity contribution is 5.43. The minimum Gasteiger partial charge on any atom is -0.367 e. The number of aromatic nitrogens is 2. The maximum Gasteiger partial charge on any atom is 0.433 e. The van der Waals surface area contributed by atoms with Crippen molar-refractivity contribution < 1.29 is 13.2 Å². The summed E-state index contributed by atoms with van der Waals surface area (Å²) in [6.45, 7) is 2.27. The number of hydrogen-bond donors (Lipinski definition) is 2. The van der Waals surface area contributed by atoms with Crippen LogP contribution in [0.15, 0.2) is 6.07 Å². The lowest BCUT2D eigenvalue weighted by Gasteiger charge is -2.18. The molecule has 21 heavy (non-hydrogen) atoms. The van der Waals surface area contributed by atoms with E-state index >= 15 is 0 Å². The summed E-state index contributed by atoms with van der Waals surface area (Å²) in [4.78, 5) is 7.65. The van der Waals surface area contributed by atoms with Gasteiger partial charge in [0.05, 0.1) is 0 Å². The fraction of sp³-hybridized carbons (Fsp3) is 0.714. The van der Waals surface area contributed by atoms with Crippen molar-refractivity contribution in [3.8, 4) is 0 Å². The summed E-state index contributed by atoms with van der Waals surface area (Å²) in [6.07, 6.45) is 2.08. The molecule has 1 aliphatic carbocycles. The quantitative estimate of drug-likeness (QED) is 0.823. The molecule has 118 valence electrons. The summed E-state index contributed by atoms with van der Waals surface area (Å²) < 4.78 is 38.7. The molecule has 0 aromatic carbocycles. The van der Waals surface area contributed by atoms with Crippen LogP contribution in [0, 0.1) is 0 Å². The third kappa shape index (κ3) is 4.75. The van der Waals surface area contributed by atoms with E-state index in [1.165, 1.54) is 12.8 Å². The standard InChI is InChI=1S/C14H21F3N4/c1-2-18-13-20-11(14(15,16)17)9-12(21-13)19-10-7-5-3-4-6-8-10/h9-10H,2-8H2,1H3,(H2,18,19,20,21). The van der Waals surface area contributed by atoms with Gasteiger partial charge >= 0.3 is 6.18 Å². The van der Waals surface area contributed by atoms with Crippen molar-refractivity contribution in [2.75, 3.05) is 17.2 Å². The molecule has 1 heterocycles. The summed E-state index contributed by atoms with van der Waals surface area (Å²) in [7, 11) is 0. The maximum atomic E-state index is 12.9. The van der Waals surface area contributed by atoms with Gasteiger partial charge in [-0.05, 0) is 19.8 Å². The van der Waals surface area contributed by atoms with Gasteiger partial charge < -0.3 is 10.6 Å². The van der Waals surface area contributed by atoms with Crippen molar-refractivity contribution in [3.05, 3.63) is 11.8 Å². The average molecular weight is 302 g/mol. The molecule has 0 spiro atoms. The van der Waals surface area contributed by atoms with Gasteiger partial charge in [-0.2, -0.15) is 18.2 Å². The zero-order valence-corrected chi connectivity index (χ0v) is 12.1. The summed E-state index contributed by atoms with van der Waals surface area (Å²) >= 11 is 0. The Morgan fingerprint density at radius 1 is 1.14 bits per heavy atom. The Morgan fingerprint density at radius 3 is 2.38 bits per heavy atom. The first-order chi connectivity index (χ1) is 9.99. The first-order valence-corrected chi connectivity index (χ1v) is 7.45. The first kappa shape index (κ1) is 15.9. The van der Waals surface area contributed by atoms with E-state index in [0.717, 1.165) is 31.7 Å². The molecule has 1 saturated carbocycles. The highest BCUT2D eigenvalue weighted by Gasteiger charge is 2.34. The third-order valence-electron chi connectivity index (χ3n) is 3.56. The molecule has 1 aromatic rings. The molecule has 7 heteroatoms. The Balaban J connectivity index is 2.18. The van der Waals surface area contributed by atoms with Gasteiger partial charge in [0.15, 0.2) is 5.69 Å². The SMILES string of the molecule is CCNc1nc(NC2CCCCCC2)cc(C(F)(F)F)n1. The summed E-state index contributed by atoms with van der Waals surface area (Å²) in [5.74, 6) is 0.267. The molecule has 4 nitrogen and oxygen atoms in total. The molecule has 1 aliphatic rings. The molecule has 1 aromatic heterocycles. The molecular formula is C14H21F3N4. The Labute approximate surface area is 122 Å². The number of nitrogens with zero attached hydrogens (tertiary/aromatic N) is 2. The molecule has 2 rings (SSSR count). The van der Waals surface area contributed by atoms with Gasteiger partial charge in [0.1, 0.15) is 5.82 Å². The van der Waals surface area contributed by atoms with E-state index in [9.17, 15) is 13.2 Å². The third-order valence-corrected chi connectivity index (χ3v) is 3.56. The van der Waals surface area contributed by atoms with E-state index in [2.05, 4.69) is 20.6 Å². The Morgan fingerprint density at radius 2 is 1.81 bits per heavy atom. The molecule has 0 aliphatic heterocycles. The predicted molar refractivity (Wildman–Crippen MR) is 76.3 cm³/mol. The van der Waals surface area contributed by atoms with Crippen LogP contribution in [0.1, 0.15) is 51.1 Å². The van der Waals surface area contributed by atoms with Gasteiger partial charge in [-0.15, -0.1) is 0 Å². The van der Waals surface area contributed by atoms with Gasteiger partial charge in [0.25, 0.3) is 0 Å². The lowest BCUT2D eigenvalue weighted by Crippen LogP contribution is -2.21. The monoisotopic (exact) mass is 302 g/mol. The molecule has 0 atom stereocenters. The number of alkyl halides is 3. The Bertz CT molecular complexity index is 454. The van der Waals surface area contributed by atoms with Crippen molar-refractivity contribution in [1.29, 1.82) is 0 Å². The lowest BCUT2D eigenvalue weighted by molar-refractivity contribution is -0.141. The normalized spacial score (nSPS) is 17.3. The zero-order chi connectivity index (χ0) is 15.3. The predicted octanol–water partition coefficient (Wildman–Crippen LogP) is 4.06. The van der Waals surface area contributed by atoms with Gasteiger partial charge in [0.2, 0.25) is 5.95 Å².